The van der Waals surface area contributed by atoms with Crippen molar-refractivity contribution in [1.29, 1.82) is 0 Å². The minimum absolute atomic E-state index is 0.0919. The fourth-order valence-corrected chi connectivity index (χ4v) is 3.01. The summed E-state index contributed by atoms with van der Waals surface area (Å²) in [4.78, 5) is 14.6. The topological polar surface area (TPSA) is 38.8 Å². The Morgan fingerprint density at radius 1 is 1.17 bits per heavy atom. The first kappa shape index (κ1) is 17.1. The average molecular weight is 366 g/mol. The first-order chi connectivity index (χ1) is 11.6. The Hall–Kier alpha value is -1.75. The lowest BCUT2D eigenvalue weighted by Gasteiger charge is -2.33. The lowest BCUT2D eigenvalue weighted by atomic mass is 10.1. The van der Waals surface area contributed by atoms with Gasteiger partial charge >= 0.3 is 0 Å². The number of rotatable bonds is 3. The van der Waals surface area contributed by atoms with Crippen molar-refractivity contribution >= 4 is 29.1 Å². The number of hydrogen-bond donors (Lipinski definition) is 0. The van der Waals surface area contributed by atoms with E-state index in [1.807, 2.05) is 24.3 Å². The molecule has 2 aromatic carbocycles. The van der Waals surface area contributed by atoms with Crippen LogP contribution in [0.4, 0.5) is 0 Å². The van der Waals surface area contributed by atoms with E-state index in [9.17, 15) is 4.79 Å². The smallest absolute Gasteiger partial charge is 0.257 e. The zero-order chi connectivity index (χ0) is 17.1. The molecule has 0 N–H and O–H groups in total. The van der Waals surface area contributed by atoms with Crippen molar-refractivity contribution in [2.45, 2.75) is 6.10 Å². The fourth-order valence-electron chi connectivity index (χ4n) is 2.72. The van der Waals surface area contributed by atoms with Crippen LogP contribution in [0.5, 0.6) is 5.75 Å². The van der Waals surface area contributed by atoms with Crippen LogP contribution < -0.4 is 4.74 Å². The number of carbonyl (C=O) groups is 1. The van der Waals surface area contributed by atoms with Gasteiger partial charge in [-0.15, -0.1) is 0 Å². The predicted molar refractivity (Wildman–Crippen MR) is 94.1 cm³/mol. The summed E-state index contributed by atoms with van der Waals surface area (Å²) in [5, 5.41) is 1.21. The maximum absolute atomic E-state index is 12.8. The van der Waals surface area contributed by atoms with Gasteiger partial charge in [-0.3, -0.25) is 4.79 Å². The quantitative estimate of drug-likeness (QED) is 0.817. The van der Waals surface area contributed by atoms with E-state index >= 15 is 0 Å². The number of amides is 1. The third-order valence-corrected chi connectivity index (χ3v) is 4.48. The van der Waals surface area contributed by atoms with Gasteiger partial charge in [0, 0.05) is 16.6 Å². The molecule has 126 valence electrons. The number of benzene rings is 2. The van der Waals surface area contributed by atoms with Gasteiger partial charge in [-0.25, -0.2) is 0 Å². The van der Waals surface area contributed by atoms with Gasteiger partial charge in [-0.2, -0.15) is 0 Å². The maximum atomic E-state index is 12.8. The normalized spacial score (nSPS) is 17.6. The van der Waals surface area contributed by atoms with E-state index in [1.165, 1.54) is 7.11 Å². The Kier molecular flexibility index (Phi) is 5.29. The number of carbonyl (C=O) groups excluding carboxylic acids is 1. The third-order valence-electron chi connectivity index (χ3n) is 3.99. The molecular formula is C18H17Cl2NO3. The molecule has 1 aliphatic heterocycles. The second-order valence-corrected chi connectivity index (χ2v) is 6.38. The van der Waals surface area contributed by atoms with Gasteiger partial charge in [0.05, 0.1) is 25.8 Å². The predicted octanol–water partition coefficient (Wildman–Crippen LogP) is 4.22. The van der Waals surface area contributed by atoms with Crippen molar-refractivity contribution in [1.82, 2.24) is 4.90 Å². The Balaban J connectivity index is 1.79. The molecule has 24 heavy (non-hydrogen) atoms. The number of nitrogens with zero attached hydrogens (tertiary/aromatic N) is 1. The standard InChI is InChI=1S/C18H17Cl2NO3/c1-23-16-10-14(20)6-7-15(16)18(22)21-8-9-24-17(11-21)12-2-4-13(19)5-3-12/h2-7,10,17H,8-9,11H2,1H3. The molecule has 0 aliphatic carbocycles. The molecule has 1 amide bonds. The number of morpholine rings is 1. The van der Waals surface area contributed by atoms with Crippen LogP contribution in [0.3, 0.4) is 0 Å². The second-order valence-electron chi connectivity index (χ2n) is 5.51. The third kappa shape index (κ3) is 3.66. The van der Waals surface area contributed by atoms with Gasteiger partial charge in [0.1, 0.15) is 11.9 Å². The Bertz CT molecular complexity index is 734. The molecule has 0 bridgehead atoms. The van der Waals surface area contributed by atoms with Crippen molar-refractivity contribution in [3.63, 3.8) is 0 Å². The van der Waals surface area contributed by atoms with E-state index in [0.29, 0.717) is 41.1 Å². The maximum Gasteiger partial charge on any atom is 0.257 e. The zero-order valence-electron chi connectivity index (χ0n) is 13.2. The van der Waals surface area contributed by atoms with Crippen LogP contribution in [0, 0.1) is 0 Å². The van der Waals surface area contributed by atoms with E-state index in [2.05, 4.69) is 0 Å². The number of ether oxygens (including phenoxy) is 2. The highest BCUT2D eigenvalue weighted by molar-refractivity contribution is 6.31. The summed E-state index contributed by atoms with van der Waals surface area (Å²) in [6, 6.07) is 12.5. The molecule has 0 aromatic heterocycles. The second kappa shape index (κ2) is 7.43. The van der Waals surface area contributed by atoms with E-state index in [0.717, 1.165) is 5.56 Å². The highest BCUT2D eigenvalue weighted by Gasteiger charge is 2.27. The molecule has 4 nitrogen and oxygen atoms in total. The van der Waals surface area contributed by atoms with Gasteiger partial charge in [-0.05, 0) is 35.9 Å². The van der Waals surface area contributed by atoms with Crippen molar-refractivity contribution in [3.8, 4) is 5.75 Å². The van der Waals surface area contributed by atoms with E-state index < -0.39 is 0 Å². The Morgan fingerprint density at radius 2 is 1.88 bits per heavy atom. The van der Waals surface area contributed by atoms with Crippen LogP contribution in [0.1, 0.15) is 22.0 Å². The number of methoxy groups -OCH3 is 1. The van der Waals surface area contributed by atoms with Gasteiger partial charge in [0.2, 0.25) is 0 Å². The molecule has 0 saturated carbocycles. The van der Waals surface area contributed by atoms with Gasteiger partial charge in [0.25, 0.3) is 5.91 Å². The number of halogens is 2. The first-order valence-electron chi connectivity index (χ1n) is 7.58. The van der Waals surface area contributed by atoms with Gasteiger partial charge in [-0.1, -0.05) is 35.3 Å². The summed E-state index contributed by atoms with van der Waals surface area (Å²) in [6.45, 7) is 1.50. The van der Waals surface area contributed by atoms with Crippen LogP contribution in [0.15, 0.2) is 42.5 Å². The van der Waals surface area contributed by atoms with Crippen molar-refractivity contribution in [2.24, 2.45) is 0 Å². The van der Waals surface area contributed by atoms with E-state index in [-0.39, 0.29) is 12.0 Å². The summed E-state index contributed by atoms with van der Waals surface area (Å²) in [5.41, 5.74) is 1.50. The fraction of sp³-hybridized carbons (Fsp3) is 0.278. The SMILES string of the molecule is COc1cc(Cl)ccc1C(=O)N1CCOC(c2ccc(Cl)cc2)C1. The van der Waals surface area contributed by atoms with Crippen LogP contribution in [-0.2, 0) is 4.74 Å². The van der Waals surface area contributed by atoms with Crippen molar-refractivity contribution in [2.75, 3.05) is 26.8 Å². The molecule has 1 saturated heterocycles. The monoisotopic (exact) mass is 365 g/mol. The highest BCUT2D eigenvalue weighted by Crippen LogP contribution is 2.28. The Labute approximate surface area is 150 Å². The summed E-state index contributed by atoms with van der Waals surface area (Å²) in [7, 11) is 1.53. The molecule has 6 heteroatoms. The van der Waals surface area contributed by atoms with Crippen LogP contribution >= 0.6 is 23.2 Å². The molecule has 1 atom stereocenters. The van der Waals surface area contributed by atoms with Crippen LogP contribution in [-0.4, -0.2) is 37.6 Å². The molecule has 1 unspecified atom stereocenters. The summed E-state index contributed by atoms with van der Waals surface area (Å²) >= 11 is 11.9. The molecule has 0 spiro atoms. The summed E-state index contributed by atoms with van der Waals surface area (Å²) in [6.07, 6.45) is -0.168. The van der Waals surface area contributed by atoms with Gasteiger partial charge in [0.15, 0.2) is 0 Å². The highest BCUT2D eigenvalue weighted by atomic mass is 35.5. The molecule has 2 aromatic rings. The lowest BCUT2D eigenvalue weighted by molar-refractivity contribution is -0.0229. The average Bonchev–Trinajstić information content (AvgIpc) is 2.61. The molecule has 3 rings (SSSR count). The molecule has 1 fully saturated rings. The summed E-state index contributed by atoms with van der Waals surface area (Å²) in [5.74, 6) is 0.382. The van der Waals surface area contributed by atoms with Crippen LogP contribution in [0.25, 0.3) is 0 Å². The molecule has 0 radical (unpaired) electrons. The minimum atomic E-state index is -0.168. The molecule has 1 aliphatic rings. The Morgan fingerprint density at radius 3 is 2.58 bits per heavy atom. The first-order valence-corrected chi connectivity index (χ1v) is 8.34. The minimum Gasteiger partial charge on any atom is -0.496 e. The van der Waals surface area contributed by atoms with Crippen molar-refractivity contribution in [3.05, 3.63) is 63.6 Å². The van der Waals surface area contributed by atoms with E-state index in [4.69, 9.17) is 32.7 Å². The van der Waals surface area contributed by atoms with E-state index in [1.54, 1.807) is 23.1 Å². The van der Waals surface area contributed by atoms with Crippen molar-refractivity contribution < 1.29 is 14.3 Å². The summed E-state index contributed by atoms with van der Waals surface area (Å²) < 4.78 is 11.1. The zero-order valence-corrected chi connectivity index (χ0v) is 14.7. The van der Waals surface area contributed by atoms with Crippen LogP contribution in [0.2, 0.25) is 10.0 Å². The largest absolute Gasteiger partial charge is 0.496 e. The molecule has 1 heterocycles. The van der Waals surface area contributed by atoms with Gasteiger partial charge < -0.3 is 14.4 Å². The molecular weight excluding hydrogens is 349 g/mol. The number of hydrogen-bond acceptors (Lipinski definition) is 3. The lowest BCUT2D eigenvalue weighted by Crippen LogP contribution is -2.42.